The molecule has 0 unspecified atom stereocenters. The molecule has 1 fully saturated rings. The van der Waals surface area contributed by atoms with Crippen LogP contribution in [0.4, 0.5) is 5.69 Å². The summed E-state index contributed by atoms with van der Waals surface area (Å²) in [6.07, 6.45) is 0. The van der Waals surface area contributed by atoms with E-state index in [2.05, 4.69) is 22.1 Å². The number of aryl methyl sites for hydroxylation is 1. The van der Waals surface area contributed by atoms with Gasteiger partial charge in [0, 0.05) is 37.4 Å². The van der Waals surface area contributed by atoms with E-state index in [1.807, 2.05) is 78.6 Å². The Morgan fingerprint density at radius 2 is 1.57 bits per heavy atom. The Kier molecular flexibility index (Phi) is 8.56. The smallest absolute Gasteiger partial charge is 0.358 e. The molecule has 0 N–H and O–H groups in total. The fraction of sp³-hybridized carbons (Fsp3) is 0.281. The number of carbonyl (C=O) groups excluding carboxylic acids is 2. The van der Waals surface area contributed by atoms with Crippen LogP contribution in [0.5, 0.6) is 0 Å². The number of rotatable bonds is 9. The lowest BCUT2D eigenvalue weighted by Crippen LogP contribution is -2.49. The molecule has 0 radical (unpaired) electrons. The van der Waals surface area contributed by atoms with E-state index in [0.717, 1.165) is 46.8 Å². The molecule has 40 heavy (non-hydrogen) atoms. The number of ether oxygens (including phenoxy) is 2. The van der Waals surface area contributed by atoms with Crippen LogP contribution in [-0.4, -0.2) is 65.9 Å². The van der Waals surface area contributed by atoms with Crippen LogP contribution >= 0.6 is 0 Å². The second-order valence-electron chi connectivity index (χ2n) is 9.73. The zero-order chi connectivity index (χ0) is 27.9. The van der Waals surface area contributed by atoms with E-state index in [4.69, 9.17) is 9.47 Å². The number of hydrogen-bond donors (Lipinski definition) is 0. The summed E-state index contributed by atoms with van der Waals surface area (Å²) in [4.78, 5) is 29.3. The van der Waals surface area contributed by atoms with Crippen LogP contribution in [-0.2, 0) is 20.9 Å². The number of amides is 1. The van der Waals surface area contributed by atoms with Gasteiger partial charge in [-0.15, -0.1) is 0 Å². The van der Waals surface area contributed by atoms with Crippen LogP contribution in [0.1, 0.15) is 28.5 Å². The maximum absolute atomic E-state index is 12.6. The van der Waals surface area contributed by atoms with Gasteiger partial charge in [0.25, 0.3) is 0 Å². The number of hydrogen-bond acceptors (Lipinski definition) is 6. The van der Waals surface area contributed by atoms with Gasteiger partial charge in [-0.1, -0.05) is 60.7 Å². The molecule has 1 aliphatic heterocycles. The number of benzene rings is 3. The molecule has 0 saturated carbocycles. The lowest BCUT2D eigenvalue weighted by Gasteiger charge is -2.36. The molecule has 0 bridgehead atoms. The maximum Gasteiger partial charge on any atom is 0.358 e. The van der Waals surface area contributed by atoms with E-state index >= 15 is 0 Å². The van der Waals surface area contributed by atoms with Gasteiger partial charge in [0.1, 0.15) is 6.61 Å². The van der Waals surface area contributed by atoms with Gasteiger partial charge in [-0.05, 0) is 49.2 Å². The SMILES string of the molecule is CCOC(=O)c1cc(-c2ccc(N3CCN(C(=O)COCc4ccccc4)CC3)cc2)n(-c2ccccc2C)n1. The first kappa shape index (κ1) is 27.1. The molecular weight excluding hydrogens is 504 g/mol. The van der Waals surface area contributed by atoms with Crippen molar-refractivity contribution in [3.05, 3.63) is 102 Å². The van der Waals surface area contributed by atoms with Crippen molar-refractivity contribution in [3.63, 3.8) is 0 Å². The van der Waals surface area contributed by atoms with Gasteiger partial charge in [0.15, 0.2) is 5.69 Å². The van der Waals surface area contributed by atoms with E-state index in [1.165, 1.54) is 0 Å². The summed E-state index contributed by atoms with van der Waals surface area (Å²) in [5.41, 5.74) is 6.14. The maximum atomic E-state index is 12.6. The third kappa shape index (κ3) is 6.24. The molecule has 2 heterocycles. The highest BCUT2D eigenvalue weighted by Crippen LogP contribution is 2.28. The minimum Gasteiger partial charge on any atom is -0.461 e. The number of aromatic nitrogens is 2. The first-order valence-corrected chi connectivity index (χ1v) is 13.6. The molecule has 1 amide bonds. The summed E-state index contributed by atoms with van der Waals surface area (Å²) in [5, 5.41) is 4.60. The highest BCUT2D eigenvalue weighted by molar-refractivity contribution is 5.89. The van der Waals surface area contributed by atoms with E-state index in [9.17, 15) is 9.59 Å². The molecule has 8 nitrogen and oxygen atoms in total. The van der Waals surface area contributed by atoms with Crippen LogP contribution in [0.3, 0.4) is 0 Å². The van der Waals surface area contributed by atoms with Crippen molar-refractivity contribution >= 4 is 17.6 Å². The number of carbonyl (C=O) groups is 2. The largest absolute Gasteiger partial charge is 0.461 e. The van der Waals surface area contributed by atoms with Crippen LogP contribution in [0, 0.1) is 6.92 Å². The zero-order valence-electron chi connectivity index (χ0n) is 23.0. The van der Waals surface area contributed by atoms with E-state index < -0.39 is 5.97 Å². The summed E-state index contributed by atoms with van der Waals surface area (Å²) in [5.74, 6) is -0.418. The van der Waals surface area contributed by atoms with Crippen LogP contribution < -0.4 is 4.90 Å². The highest BCUT2D eigenvalue weighted by atomic mass is 16.5. The molecule has 1 aliphatic rings. The average molecular weight is 539 g/mol. The van der Waals surface area contributed by atoms with Crippen LogP contribution in [0.25, 0.3) is 16.9 Å². The van der Waals surface area contributed by atoms with Crippen molar-refractivity contribution < 1.29 is 19.1 Å². The van der Waals surface area contributed by atoms with E-state index in [-0.39, 0.29) is 18.2 Å². The third-order valence-electron chi connectivity index (χ3n) is 7.04. The lowest BCUT2D eigenvalue weighted by atomic mass is 10.1. The van der Waals surface area contributed by atoms with Crippen LogP contribution in [0.15, 0.2) is 84.9 Å². The van der Waals surface area contributed by atoms with Crippen molar-refractivity contribution in [1.29, 1.82) is 0 Å². The first-order chi connectivity index (χ1) is 19.5. The Labute approximate surface area is 234 Å². The normalized spacial score (nSPS) is 13.3. The number of nitrogens with zero attached hydrogens (tertiary/aromatic N) is 4. The fourth-order valence-corrected chi connectivity index (χ4v) is 4.85. The van der Waals surface area contributed by atoms with Crippen molar-refractivity contribution in [1.82, 2.24) is 14.7 Å². The van der Waals surface area contributed by atoms with E-state index in [0.29, 0.717) is 26.3 Å². The standard InChI is InChI=1S/C32H34N4O4/c1-3-40-32(38)28-21-30(36(33-28)29-12-8-7-9-24(29)2)26-13-15-27(16-14-26)34-17-19-35(20-18-34)31(37)23-39-22-25-10-5-4-6-11-25/h4-16,21H,3,17-20,22-23H2,1-2H3. The summed E-state index contributed by atoms with van der Waals surface area (Å²) < 4.78 is 12.7. The summed E-state index contributed by atoms with van der Waals surface area (Å²) in [6, 6.07) is 27.9. The number of para-hydroxylation sites is 1. The van der Waals surface area contributed by atoms with Gasteiger partial charge >= 0.3 is 5.97 Å². The molecule has 206 valence electrons. The Balaban J connectivity index is 1.24. The van der Waals surface area contributed by atoms with Gasteiger partial charge < -0.3 is 19.3 Å². The predicted octanol–water partition coefficient (Wildman–Crippen LogP) is 4.89. The van der Waals surface area contributed by atoms with Crippen LogP contribution in [0.2, 0.25) is 0 Å². The fourth-order valence-electron chi connectivity index (χ4n) is 4.85. The Hall–Kier alpha value is -4.43. The molecule has 0 atom stereocenters. The van der Waals surface area contributed by atoms with Gasteiger partial charge in [-0.2, -0.15) is 5.10 Å². The highest BCUT2D eigenvalue weighted by Gasteiger charge is 2.22. The van der Waals surface area contributed by atoms with Crippen molar-refractivity contribution in [3.8, 4) is 16.9 Å². The summed E-state index contributed by atoms with van der Waals surface area (Å²) in [6.45, 7) is 7.42. The summed E-state index contributed by atoms with van der Waals surface area (Å²) in [7, 11) is 0. The quantitative estimate of drug-likeness (QED) is 0.283. The molecule has 5 rings (SSSR count). The minimum atomic E-state index is -0.439. The second-order valence-corrected chi connectivity index (χ2v) is 9.73. The van der Waals surface area contributed by atoms with E-state index in [1.54, 1.807) is 17.7 Å². The molecule has 0 spiro atoms. The topological polar surface area (TPSA) is 76.9 Å². The lowest BCUT2D eigenvalue weighted by molar-refractivity contribution is -0.136. The minimum absolute atomic E-state index is 0.0211. The summed E-state index contributed by atoms with van der Waals surface area (Å²) >= 11 is 0. The predicted molar refractivity (Wildman–Crippen MR) is 155 cm³/mol. The first-order valence-electron chi connectivity index (χ1n) is 13.6. The zero-order valence-corrected chi connectivity index (χ0v) is 23.0. The molecule has 8 heteroatoms. The molecular formula is C32H34N4O4. The molecule has 0 aliphatic carbocycles. The molecule has 1 saturated heterocycles. The third-order valence-corrected chi connectivity index (χ3v) is 7.04. The number of anilines is 1. The Morgan fingerprint density at radius 3 is 2.27 bits per heavy atom. The second kappa shape index (κ2) is 12.6. The Morgan fingerprint density at radius 1 is 0.875 bits per heavy atom. The van der Waals surface area contributed by atoms with Crippen molar-refractivity contribution in [2.75, 3.05) is 44.3 Å². The van der Waals surface area contributed by atoms with Crippen molar-refractivity contribution in [2.24, 2.45) is 0 Å². The van der Waals surface area contributed by atoms with Gasteiger partial charge in [0.2, 0.25) is 5.91 Å². The molecule has 4 aromatic rings. The number of esters is 1. The monoisotopic (exact) mass is 538 g/mol. The Bertz CT molecular complexity index is 1440. The average Bonchev–Trinajstić information content (AvgIpc) is 3.44. The van der Waals surface area contributed by atoms with Gasteiger partial charge in [0.05, 0.1) is 24.6 Å². The number of piperazine rings is 1. The molecule has 1 aromatic heterocycles. The molecule has 3 aromatic carbocycles. The van der Waals surface area contributed by atoms with Crippen molar-refractivity contribution in [2.45, 2.75) is 20.5 Å². The van der Waals surface area contributed by atoms with Gasteiger partial charge in [-0.25, -0.2) is 9.48 Å². The van der Waals surface area contributed by atoms with Gasteiger partial charge in [-0.3, -0.25) is 4.79 Å².